The Morgan fingerprint density at radius 3 is 2.43 bits per heavy atom. The van der Waals surface area contributed by atoms with Gasteiger partial charge in [0.25, 0.3) is 0 Å². The standard InChI is InChI=1S/C20H28N2S/c1-17(22-15-6-14-21)19-10-12-20(13-11-19)23-16-5-9-18-7-3-2-4-8-18/h2-4,7-8,10-13,17,22H,5-6,9,14-16,21H2,1H3. The van der Waals surface area contributed by atoms with Crippen LogP contribution in [0.3, 0.4) is 0 Å². The molecule has 0 heterocycles. The molecule has 0 aromatic heterocycles. The number of nitrogens with one attached hydrogen (secondary N) is 1. The van der Waals surface area contributed by atoms with E-state index in [1.54, 1.807) is 0 Å². The van der Waals surface area contributed by atoms with Crippen molar-refractivity contribution in [3.8, 4) is 0 Å². The van der Waals surface area contributed by atoms with E-state index in [1.807, 2.05) is 11.8 Å². The van der Waals surface area contributed by atoms with Gasteiger partial charge in [0.2, 0.25) is 0 Å². The summed E-state index contributed by atoms with van der Waals surface area (Å²) in [6, 6.07) is 20.1. The van der Waals surface area contributed by atoms with E-state index in [9.17, 15) is 0 Å². The molecule has 0 bridgehead atoms. The van der Waals surface area contributed by atoms with Gasteiger partial charge in [0.1, 0.15) is 0 Å². The average Bonchev–Trinajstić information content (AvgIpc) is 2.60. The molecule has 0 saturated heterocycles. The van der Waals surface area contributed by atoms with Crippen molar-refractivity contribution in [2.75, 3.05) is 18.8 Å². The predicted octanol–water partition coefficient (Wildman–Crippen LogP) is 4.41. The van der Waals surface area contributed by atoms with Crippen molar-refractivity contribution in [1.82, 2.24) is 5.32 Å². The van der Waals surface area contributed by atoms with Crippen LogP contribution in [0.15, 0.2) is 59.5 Å². The minimum absolute atomic E-state index is 0.388. The van der Waals surface area contributed by atoms with Gasteiger partial charge in [-0.25, -0.2) is 0 Å². The SMILES string of the molecule is CC(NCCCN)c1ccc(SCCCc2ccccc2)cc1. The number of nitrogens with two attached hydrogens (primary N) is 1. The minimum atomic E-state index is 0.388. The molecule has 0 aliphatic carbocycles. The summed E-state index contributed by atoms with van der Waals surface area (Å²) in [5.41, 5.74) is 8.30. The van der Waals surface area contributed by atoms with E-state index in [-0.39, 0.29) is 0 Å². The Hall–Kier alpha value is -1.29. The number of hydrogen-bond acceptors (Lipinski definition) is 3. The Balaban J connectivity index is 1.70. The summed E-state index contributed by atoms with van der Waals surface area (Å²) in [7, 11) is 0. The topological polar surface area (TPSA) is 38.0 Å². The van der Waals surface area contributed by atoms with E-state index in [1.165, 1.54) is 28.2 Å². The van der Waals surface area contributed by atoms with Gasteiger partial charge in [0, 0.05) is 10.9 Å². The highest BCUT2D eigenvalue weighted by Gasteiger charge is 2.04. The number of aryl methyl sites for hydroxylation is 1. The second kappa shape index (κ2) is 10.5. The van der Waals surface area contributed by atoms with Crippen LogP contribution in [0.5, 0.6) is 0 Å². The number of rotatable bonds is 10. The van der Waals surface area contributed by atoms with Crippen LogP contribution in [0, 0.1) is 0 Å². The first-order valence-corrected chi connectivity index (χ1v) is 9.48. The summed E-state index contributed by atoms with van der Waals surface area (Å²) in [4.78, 5) is 1.36. The molecular weight excluding hydrogens is 300 g/mol. The van der Waals surface area contributed by atoms with Gasteiger partial charge in [0.05, 0.1) is 0 Å². The maximum atomic E-state index is 5.53. The molecule has 2 aromatic carbocycles. The Labute approximate surface area is 144 Å². The quantitative estimate of drug-likeness (QED) is 0.501. The summed E-state index contributed by atoms with van der Waals surface area (Å²) < 4.78 is 0. The first-order chi connectivity index (χ1) is 11.3. The molecule has 0 spiro atoms. The van der Waals surface area contributed by atoms with E-state index in [4.69, 9.17) is 5.73 Å². The number of hydrogen-bond donors (Lipinski definition) is 2. The van der Waals surface area contributed by atoms with E-state index in [0.29, 0.717) is 6.04 Å². The molecule has 0 aliphatic rings. The van der Waals surface area contributed by atoms with Gasteiger partial charge in [0.15, 0.2) is 0 Å². The Morgan fingerprint density at radius 1 is 1.00 bits per heavy atom. The lowest BCUT2D eigenvalue weighted by Crippen LogP contribution is -2.21. The second-order valence-corrected chi connectivity index (χ2v) is 6.99. The lowest BCUT2D eigenvalue weighted by molar-refractivity contribution is 0.561. The molecule has 0 aliphatic heterocycles. The Bertz CT molecular complexity index is 539. The first kappa shape index (κ1) is 18.1. The monoisotopic (exact) mass is 328 g/mol. The van der Waals surface area contributed by atoms with Crippen LogP contribution in [0.2, 0.25) is 0 Å². The molecule has 2 nitrogen and oxygen atoms in total. The fourth-order valence-corrected chi connectivity index (χ4v) is 3.36. The molecule has 0 radical (unpaired) electrons. The maximum Gasteiger partial charge on any atom is 0.0291 e. The van der Waals surface area contributed by atoms with Gasteiger partial charge < -0.3 is 11.1 Å². The molecule has 0 amide bonds. The van der Waals surface area contributed by atoms with Crippen LogP contribution in [0.4, 0.5) is 0 Å². The van der Waals surface area contributed by atoms with Crippen LogP contribution in [-0.4, -0.2) is 18.8 Å². The molecule has 2 rings (SSSR count). The third kappa shape index (κ3) is 6.78. The van der Waals surface area contributed by atoms with Crippen molar-refractivity contribution >= 4 is 11.8 Å². The second-order valence-electron chi connectivity index (χ2n) is 5.82. The molecule has 1 atom stereocenters. The Morgan fingerprint density at radius 2 is 1.74 bits per heavy atom. The summed E-state index contributed by atoms with van der Waals surface area (Å²) in [5.74, 6) is 1.17. The lowest BCUT2D eigenvalue weighted by Gasteiger charge is -2.14. The van der Waals surface area contributed by atoms with Crippen LogP contribution in [0.1, 0.15) is 36.9 Å². The largest absolute Gasteiger partial charge is 0.330 e. The molecule has 0 saturated carbocycles. The third-order valence-corrected chi connectivity index (χ3v) is 5.03. The van der Waals surface area contributed by atoms with E-state index in [0.717, 1.165) is 25.9 Å². The van der Waals surface area contributed by atoms with Gasteiger partial charge in [-0.15, -0.1) is 11.8 Å². The fraction of sp³-hybridized carbons (Fsp3) is 0.400. The fourth-order valence-electron chi connectivity index (χ4n) is 2.50. The minimum Gasteiger partial charge on any atom is -0.330 e. The molecule has 124 valence electrons. The van der Waals surface area contributed by atoms with Gasteiger partial charge in [-0.1, -0.05) is 42.5 Å². The van der Waals surface area contributed by atoms with Crippen LogP contribution >= 0.6 is 11.8 Å². The van der Waals surface area contributed by atoms with Gasteiger partial charge in [-0.05, 0) is 68.3 Å². The molecule has 0 fully saturated rings. The van der Waals surface area contributed by atoms with Gasteiger partial charge >= 0.3 is 0 Å². The highest BCUT2D eigenvalue weighted by molar-refractivity contribution is 7.99. The molecular formula is C20H28N2S. The summed E-state index contributed by atoms with van der Waals surface area (Å²) in [6.07, 6.45) is 3.40. The normalized spacial score (nSPS) is 12.3. The van der Waals surface area contributed by atoms with Gasteiger partial charge in [-0.3, -0.25) is 0 Å². The number of thioether (sulfide) groups is 1. The van der Waals surface area contributed by atoms with Crippen molar-refractivity contribution in [3.05, 3.63) is 65.7 Å². The van der Waals surface area contributed by atoms with Crippen molar-refractivity contribution in [2.45, 2.75) is 37.1 Å². The summed E-state index contributed by atoms with van der Waals surface area (Å²) >= 11 is 1.94. The molecule has 3 heteroatoms. The van der Waals surface area contributed by atoms with E-state index >= 15 is 0 Å². The van der Waals surface area contributed by atoms with Crippen molar-refractivity contribution in [1.29, 1.82) is 0 Å². The summed E-state index contributed by atoms with van der Waals surface area (Å²) in [6.45, 7) is 3.93. The average molecular weight is 329 g/mol. The molecule has 2 aromatic rings. The van der Waals surface area contributed by atoms with E-state index < -0.39 is 0 Å². The zero-order valence-electron chi connectivity index (χ0n) is 14.0. The van der Waals surface area contributed by atoms with Crippen LogP contribution < -0.4 is 11.1 Å². The zero-order valence-corrected chi connectivity index (χ0v) is 14.8. The van der Waals surface area contributed by atoms with E-state index in [2.05, 4.69) is 66.8 Å². The lowest BCUT2D eigenvalue weighted by atomic mass is 10.1. The van der Waals surface area contributed by atoms with Crippen LogP contribution in [-0.2, 0) is 6.42 Å². The highest BCUT2D eigenvalue weighted by Crippen LogP contribution is 2.22. The molecule has 3 N–H and O–H groups in total. The smallest absolute Gasteiger partial charge is 0.0291 e. The van der Waals surface area contributed by atoms with Gasteiger partial charge in [-0.2, -0.15) is 0 Å². The molecule has 23 heavy (non-hydrogen) atoms. The van der Waals surface area contributed by atoms with Crippen molar-refractivity contribution in [2.24, 2.45) is 5.73 Å². The maximum absolute atomic E-state index is 5.53. The number of benzene rings is 2. The Kier molecular flexibility index (Phi) is 8.23. The van der Waals surface area contributed by atoms with Crippen molar-refractivity contribution in [3.63, 3.8) is 0 Å². The first-order valence-electron chi connectivity index (χ1n) is 8.49. The van der Waals surface area contributed by atoms with Crippen molar-refractivity contribution < 1.29 is 0 Å². The third-order valence-electron chi connectivity index (χ3n) is 3.93. The highest BCUT2D eigenvalue weighted by atomic mass is 32.2. The summed E-state index contributed by atoms with van der Waals surface area (Å²) in [5, 5.41) is 3.50. The molecule has 1 unspecified atom stereocenters. The zero-order chi connectivity index (χ0) is 16.3. The van der Waals surface area contributed by atoms with Crippen LogP contribution in [0.25, 0.3) is 0 Å². The predicted molar refractivity (Wildman–Crippen MR) is 102 cm³/mol.